The number of morpholine rings is 1. The number of methoxy groups -OCH3 is 1. The number of aromatic nitrogens is 2. The zero-order valence-electron chi connectivity index (χ0n) is 13.6. The molecule has 2 heterocycles. The van der Waals surface area contributed by atoms with Gasteiger partial charge >= 0.3 is 0 Å². The summed E-state index contributed by atoms with van der Waals surface area (Å²) < 4.78 is 10.6. The number of nitrogens with one attached hydrogen (secondary N) is 1. The molecule has 1 aromatic heterocycles. The molecule has 1 fully saturated rings. The molecule has 1 aromatic carbocycles. The van der Waals surface area contributed by atoms with E-state index < -0.39 is 0 Å². The minimum Gasteiger partial charge on any atom is -0.496 e. The van der Waals surface area contributed by atoms with Crippen LogP contribution in [0.5, 0.6) is 5.75 Å². The summed E-state index contributed by atoms with van der Waals surface area (Å²) in [7, 11) is 1.61. The van der Waals surface area contributed by atoms with Crippen LogP contribution < -0.4 is 15.0 Å². The highest BCUT2D eigenvalue weighted by atomic mass is 16.5. The lowest BCUT2D eigenvalue weighted by Gasteiger charge is -2.26. The Balaban J connectivity index is 1.66. The maximum absolute atomic E-state index is 12.4. The molecule has 0 saturated carbocycles. The summed E-state index contributed by atoms with van der Waals surface area (Å²) in [6.07, 6.45) is 1.61. The molecule has 0 atom stereocenters. The van der Waals surface area contributed by atoms with E-state index in [1.54, 1.807) is 19.4 Å². The zero-order chi connectivity index (χ0) is 16.8. The lowest BCUT2D eigenvalue weighted by Crippen LogP contribution is -2.37. The van der Waals surface area contributed by atoms with E-state index in [9.17, 15) is 4.79 Å². The summed E-state index contributed by atoms with van der Waals surface area (Å²) in [5, 5.41) is 2.87. The van der Waals surface area contributed by atoms with E-state index in [0.717, 1.165) is 24.4 Å². The molecule has 7 heteroatoms. The van der Waals surface area contributed by atoms with Crippen LogP contribution in [0.4, 0.5) is 5.95 Å². The van der Waals surface area contributed by atoms with Crippen molar-refractivity contribution in [3.05, 3.63) is 47.8 Å². The summed E-state index contributed by atoms with van der Waals surface area (Å²) >= 11 is 0. The van der Waals surface area contributed by atoms with Crippen LogP contribution in [0.25, 0.3) is 0 Å². The van der Waals surface area contributed by atoms with E-state index in [1.165, 1.54) is 0 Å². The van der Waals surface area contributed by atoms with Gasteiger partial charge in [-0.3, -0.25) is 4.79 Å². The van der Waals surface area contributed by atoms with Crippen molar-refractivity contribution in [1.29, 1.82) is 0 Å². The molecule has 24 heavy (non-hydrogen) atoms. The Morgan fingerprint density at radius 2 is 2.08 bits per heavy atom. The molecule has 1 N–H and O–H groups in total. The number of carbonyl (C=O) groups excluding carboxylic acids is 1. The van der Waals surface area contributed by atoms with Crippen LogP contribution in [0.15, 0.2) is 36.5 Å². The fourth-order valence-corrected chi connectivity index (χ4v) is 2.51. The average Bonchev–Trinajstić information content (AvgIpc) is 2.67. The van der Waals surface area contributed by atoms with Gasteiger partial charge in [0, 0.05) is 31.4 Å². The number of hydrogen-bond donors (Lipinski definition) is 1. The first-order valence-electron chi connectivity index (χ1n) is 7.84. The number of para-hydroxylation sites is 1. The number of anilines is 1. The van der Waals surface area contributed by atoms with Crippen LogP contribution in [0.2, 0.25) is 0 Å². The monoisotopic (exact) mass is 328 g/mol. The number of amides is 1. The molecular formula is C17H20N4O3. The Bertz CT molecular complexity index is 702. The fraction of sp³-hybridized carbons (Fsp3) is 0.353. The molecule has 2 aromatic rings. The first kappa shape index (κ1) is 16.2. The maximum atomic E-state index is 12.4. The maximum Gasteiger partial charge on any atom is 0.270 e. The van der Waals surface area contributed by atoms with Crippen molar-refractivity contribution in [2.45, 2.75) is 6.54 Å². The highest BCUT2D eigenvalue weighted by Gasteiger charge is 2.16. The number of hydrogen-bond acceptors (Lipinski definition) is 6. The topological polar surface area (TPSA) is 76.6 Å². The predicted octanol–water partition coefficient (Wildman–Crippen LogP) is 1.25. The second-order valence-electron chi connectivity index (χ2n) is 5.34. The van der Waals surface area contributed by atoms with Gasteiger partial charge in [-0.05, 0) is 12.1 Å². The molecule has 1 saturated heterocycles. The van der Waals surface area contributed by atoms with Crippen molar-refractivity contribution < 1.29 is 14.3 Å². The molecule has 0 unspecified atom stereocenters. The standard InChI is InChI=1S/C17H20N4O3/c1-23-15-5-3-2-4-13(15)12-19-16(22)14-6-7-18-17(20-14)21-8-10-24-11-9-21/h2-7H,8-12H2,1H3,(H,19,22). The third kappa shape index (κ3) is 3.80. The summed E-state index contributed by atoms with van der Waals surface area (Å²) in [5.74, 6) is 1.07. The summed E-state index contributed by atoms with van der Waals surface area (Å²) in [5.41, 5.74) is 1.26. The Morgan fingerprint density at radius 1 is 1.29 bits per heavy atom. The van der Waals surface area contributed by atoms with Crippen LogP contribution in [-0.2, 0) is 11.3 Å². The van der Waals surface area contributed by atoms with Crippen molar-refractivity contribution in [3.63, 3.8) is 0 Å². The van der Waals surface area contributed by atoms with Gasteiger partial charge < -0.3 is 19.7 Å². The first-order chi connectivity index (χ1) is 11.8. The van der Waals surface area contributed by atoms with Gasteiger partial charge in [-0.1, -0.05) is 18.2 Å². The summed E-state index contributed by atoms with van der Waals surface area (Å²) in [6, 6.07) is 9.19. The highest BCUT2D eigenvalue weighted by Crippen LogP contribution is 2.17. The molecule has 0 aliphatic carbocycles. The van der Waals surface area contributed by atoms with E-state index in [1.807, 2.05) is 29.2 Å². The van der Waals surface area contributed by atoms with Gasteiger partial charge in [0.15, 0.2) is 0 Å². The van der Waals surface area contributed by atoms with E-state index in [2.05, 4.69) is 15.3 Å². The Hall–Kier alpha value is -2.67. The first-order valence-corrected chi connectivity index (χ1v) is 7.84. The van der Waals surface area contributed by atoms with Gasteiger partial charge in [-0.25, -0.2) is 9.97 Å². The number of nitrogens with zero attached hydrogens (tertiary/aromatic N) is 3. The van der Waals surface area contributed by atoms with Crippen LogP contribution in [0.3, 0.4) is 0 Å². The summed E-state index contributed by atoms with van der Waals surface area (Å²) in [6.45, 7) is 3.12. The second kappa shape index (κ2) is 7.74. The molecule has 1 aliphatic heterocycles. The van der Waals surface area contributed by atoms with Crippen molar-refractivity contribution in [2.24, 2.45) is 0 Å². The van der Waals surface area contributed by atoms with E-state index in [4.69, 9.17) is 9.47 Å². The van der Waals surface area contributed by atoms with Crippen molar-refractivity contribution in [3.8, 4) is 5.75 Å². The third-order valence-electron chi connectivity index (χ3n) is 3.80. The van der Waals surface area contributed by atoms with Gasteiger partial charge in [-0.15, -0.1) is 0 Å². The Labute approximate surface area is 140 Å². The second-order valence-corrected chi connectivity index (χ2v) is 5.34. The summed E-state index contributed by atoms with van der Waals surface area (Å²) in [4.78, 5) is 23.0. The number of carbonyl (C=O) groups is 1. The molecule has 7 nitrogen and oxygen atoms in total. The molecule has 0 spiro atoms. The molecule has 3 rings (SSSR count). The molecule has 1 amide bonds. The lowest BCUT2D eigenvalue weighted by atomic mass is 10.2. The molecule has 0 bridgehead atoms. The largest absolute Gasteiger partial charge is 0.496 e. The van der Waals surface area contributed by atoms with E-state index in [0.29, 0.717) is 31.4 Å². The van der Waals surface area contributed by atoms with Gasteiger partial charge in [0.1, 0.15) is 11.4 Å². The number of ether oxygens (including phenoxy) is 2. The molecule has 126 valence electrons. The average molecular weight is 328 g/mol. The molecular weight excluding hydrogens is 308 g/mol. The van der Waals surface area contributed by atoms with Crippen LogP contribution in [-0.4, -0.2) is 49.3 Å². The molecule has 0 radical (unpaired) electrons. The predicted molar refractivity (Wildman–Crippen MR) is 89.2 cm³/mol. The van der Waals surface area contributed by atoms with Gasteiger partial charge in [-0.2, -0.15) is 0 Å². The van der Waals surface area contributed by atoms with Crippen LogP contribution in [0.1, 0.15) is 16.1 Å². The fourth-order valence-electron chi connectivity index (χ4n) is 2.51. The minimum atomic E-state index is -0.238. The number of rotatable bonds is 5. The van der Waals surface area contributed by atoms with Crippen molar-refractivity contribution >= 4 is 11.9 Å². The van der Waals surface area contributed by atoms with Gasteiger partial charge in [0.2, 0.25) is 5.95 Å². The van der Waals surface area contributed by atoms with E-state index >= 15 is 0 Å². The van der Waals surface area contributed by atoms with Crippen LogP contribution >= 0.6 is 0 Å². The normalized spacial score (nSPS) is 14.3. The van der Waals surface area contributed by atoms with Crippen LogP contribution in [0, 0.1) is 0 Å². The zero-order valence-corrected chi connectivity index (χ0v) is 13.6. The SMILES string of the molecule is COc1ccccc1CNC(=O)c1ccnc(N2CCOCC2)n1. The third-order valence-corrected chi connectivity index (χ3v) is 3.80. The quantitative estimate of drug-likeness (QED) is 0.890. The minimum absolute atomic E-state index is 0.238. The highest BCUT2D eigenvalue weighted by molar-refractivity contribution is 5.92. The Morgan fingerprint density at radius 3 is 2.88 bits per heavy atom. The lowest BCUT2D eigenvalue weighted by molar-refractivity contribution is 0.0945. The van der Waals surface area contributed by atoms with Gasteiger partial charge in [0.05, 0.1) is 20.3 Å². The smallest absolute Gasteiger partial charge is 0.270 e. The van der Waals surface area contributed by atoms with Crippen molar-refractivity contribution in [2.75, 3.05) is 38.3 Å². The van der Waals surface area contributed by atoms with E-state index in [-0.39, 0.29) is 5.91 Å². The Kier molecular flexibility index (Phi) is 5.22. The van der Waals surface area contributed by atoms with Gasteiger partial charge in [0.25, 0.3) is 5.91 Å². The molecule has 1 aliphatic rings. The van der Waals surface area contributed by atoms with Crippen molar-refractivity contribution in [1.82, 2.24) is 15.3 Å². The number of benzene rings is 1.